The predicted octanol–water partition coefficient (Wildman–Crippen LogP) is 5.63. The van der Waals surface area contributed by atoms with E-state index in [1.165, 1.54) is 6.92 Å². The molecule has 4 rings (SSSR count). The summed E-state index contributed by atoms with van der Waals surface area (Å²) in [5.74, 6) is 0.190. The Morgan fingerprint density at radius 1 is 1.04 bits per heavy atom. The van der Waals surface area contributed by atoms with E-state index in [9.17, 15) is 4.79 Å². The molecule has 0 saturated carbocycles. The molecular weight excluding hydrogens is 354 g/mol. The lowest BCUT2D eigenvalue weighted by Crippen LogP contribution is -2.04. The maximum atomic E-state index is 11.8. The molecule has 0 amide bonds. The van der Waals surface area contributed by atoms with Crippen LogP contribution < -0.4 is 0 Å². The second-order valence-electron chi connectivity index (χ2n) is 5.57. The van der Waals surface area contributed by atoms with Crippen LogP contribution in [0.3, 0.4) is 0 Å². The summed E-state index contributed by atoms with van der Waals surface area (Å²) in [6, 6.07) is 19.6. The second-order valence-corrected chi connectivity index (χ2v) is 7.03. The number of aromatic nitrogens is 1. The van der Waals surface area contributed by atoms with Gasteiger partial charge in [0.05, 0.1) is 21.3 Å². The largest absolute Gasteiger partial charge is 0.423 e. The number of rotatable bonds is 2. The van der Waals surface area contributed by atoms with Gasteiger partial charge >= 0.3 is 5.97 Å². The molecule has 0 radical (unpaired) electrons. The van der Waals surface area contributed by atoms with Crippen molar-refractivity contribution in [1.29, 1.82) is 0 Å². The number of fused-ring (bicyclic) bond motifs is 3. The van der Waals surface area contributed by atoms with Crippen LogP contribution in [0.1, 0.15) is 18.2 Å². The Bertz CT molecular complexity index is 992. The van der Waals surface area contributed by atoms with Gasteiger partial charge in [-0.2, -0.15) is 0 Å². The zero-order valence-corrected chi connectivity index (χ0v) is 15.0. The Balaban J connectivity index is 2.04. The first kappa shape index (κ1) is 16.1. The van der Waals surface area contributed by atoms with Crippen LogP contribution in [0.5, 0.6) is 0 Å². The second kappa shape index (κ2) is 6.47. The van der Waals surface area contributed by atoms with Crippen LogP contribution in [-0.2, 0) is 9.53 Å². The number of carbonyl (C=O) groups excluding carboxylic acids is 1. The quantitative estimate of drug-likeness (QED) is 0.550. The van der Waals surface area contributed by atoms with E-state index in [4.69, 9.17) is 16.3 Å². The SMILES string of the molecule is CC(=O)OC1=C(c2ccccc2)Sc2cccc(Cl)c2-n2cccc21. The maximum absolute atomic E-state index is 11.8. The molecule has 0 unspecified atom stereocenters. The molecule has 0 spiro atoms. The molecule has 0 N–H and O–H groups in total. The van der Waals surface area contributed by atoms with Crippen molar-refractivity contribution in [1.82, 2.24) is 4.57 Å². The molecule has 0 fully saturated rings. The maximum Gasteiger partial charge on any atom is 0.308 e. The number of benzene rings is 2. The van der Waals surface area contributed by atoms with Crippen LogP contribution >= 0.6 is 23.4 Å². The first-order valence-corrected chi connectivity index (χ1v) is 8.97. The molecule has 2 aromatic carbocycles. The van der Waals surface area contributed by atoms with E-state index in [1.54, 1.807) is 11.8 Å². The van der Waals surface area contributed by atoms with E-state index in [0.29, 0.717) is 10.8 Å². The van der Waals surface area contributed by atoms with Gasteiger partial charge in [-0.1, -0.05) is 59.8 Å². The molecule has 3 nitrogen and oxygen atoms in total. The fraction of sp³-hybridized carbons (Fsp3) is 0.0500. The van der Waals surface area contributed by atoms with E-state index < -0.39 is 0 Å². The summed E-state index contributed by atoms with van der Waals surface area (Å²) in [6.45, 7) is 1.42. The summed E-state index contributed by atoms with van der Waals surface area (Å²) in [7, 11) is 0. The van der Waals surface area contributed by atoms with E-state index in [-0.39, 0.29) is 5.97 Å². The number of halogens is 1. The molecule has 1 aliphatic heterocycles. The molecule has 2 heterocycles. The average molecular weight is 368 g/mol. The van der Waals surface area contributed by atoms with Crippen molar-refractivity contribution in [3.8, 4) is 5.69 Å². The first-order chi connectivity index (χ1) is 12.1. The smallest absolute Gasteiger partial charge is 0.308 e. The molecule has 0 aliphatic carbocycles. The molecule has 3 aromatic rings. The summed E-state index contributed by atoms with van der Waals surface area (Å²) in [5.41, 5.74) is 2.68. The van der Waals surface area contributed by atoms with Crippen LogP contribution in [0, 0.1) is 0 Å². The van der Waals surface area contributed by atoms with Crippen LogP contribution in [0.15, 0.2) is 71.8 Å². The zero-order chi connectivity index (χ0) is 17.4. The number of hydrogen-bond donors (Lipinski definition) is 0. The molecule has 1 aromatic heterocycles. The third kappa shape index (κ3) is 2.88. The van der Waals surface area contributed by atoms with Gasteiger partial charge in [-0.05, 0) is 29.8 Å². The van der Waals surface area contributed by atoms with Crippen molar-refractivity contribution in [2.75, 3.05) is 0 Å². The van der Waals surface area contributed by atoms with Gasteiger partial charge in [-0.15, -0.1) is 0 Å². The highest BCUT2D eigenvalue weighted by Gasteiger charge is 2.26. The van der Waals surface area contributed by atoms with Crippen LogP contribution in [0.25, 0.3) is 16.4 Å². The van der Waals surface area contributed by atoms with E-state index in [1.807, 2.05) is 71.4 Å². The molecule has 0 saturated heterocycles. The van der Waals surface area contributed by atoms with E-state index in [0.717, 1.165) is 26.7 Å². The number of esters is 1. The van der Waals surface area contributed by atoms with Gasteiger partial charge in [0, 0.05) is 18.0 Å². The fourth-order valence-corrected chi connectivity index (χ4v) is 4.35. The highest BCUT2D eigenvalue weighted by Crippen LogP contribution is 2.47. The Morgan fingerprint density at radius 2 is 1.84 bits per heavy atom. The van der Waals surface area contributed by atoms with Crippen LogP contribution in [-0.4, -0.2) is 10.5 Å². The normalized spacial score (nSPS) is 13.0. The van der Waals surface area contributed by atoms with Gasteiger partial charge in [-0.25, -0.2) is 0 Å². The van der Waals surface area contributed by atoms with Crippen LogP contribution in [0.4, 0.5) is 0 Å². The fourth-order valence-electron chi connectivity index (χ4n) is 2.87. The Labute approximate surface area is 154 Å². The molecule has 25 heavy (non-hydrogen) atoms. The first-order valence-electron chi connectivity index (χ1n) is 7.78. The number of ether oxygens (including phenoxy) is 1. The molecule has 5 heteroatoms. The van der Waals surface area contributed by atoms with Crippen molar-refractivity contribution in [3.63, 3.8) is 0 Å². The average Bonchev–Trinajstić information content (AvgIpc) is 3.03. The summed E-state index contributed by atoms with van der Waals surface area (Å²) in [6.07, 6.45) is 1.93. The van der Waals surface area contributed by atoms with Gasteiger partial charge < -0.3 is 9.30 Å². The number of carbonyl (C=O) groups is 1. The summed E-state index contributed by atoms with van der Waals surface area (Å²) in [4.78, 5) is 13.7. The number of nitrogens with zero attached hydrogens (tertiary/aromatic N) is 1. The summed E-state index contributed by atoms with van der Waals surface area (Å²) >= 11 is 8.04. The van der Waals surface area contributed by atoms with E-state index >= 15 is 0 Å². The lowest BCUT2D eigenvalue weighted by atomic mass is 10.1. The van der Waals surface area contributed by atoms with Crippen molar-refractivity contribution < 1.29 is 9.53 Å². The number of para-hydroxylation sites is 1. The lowest BCUT2D eigenvalue weighted by molar-refractivity contribution is -0.134. The van der Waals surface area contributed by atoms with Crippen molar-refractivity contribution in [2.45, 2.75) is 11.8 Å². The minimum Gasteiger partial charge on any atom is -0.423 e. The minimum absolute atomic E-state index is 0.353. The van der Waals surface area contributed by atoms with Gasteiger partial charge in [0.25, 0.3) is 0 Å². The van der Waals surface area contributed by atoms with Crippen molar-refractivity contribution in [2.24, 2.45) is 0 Å². The third-order valence-corrected chi connectivity index (χ3v) is 5.35. The highest BCUT2D eigenvalue weighted by atomic mass is 35.5. The minimum atomic E-state index is -0.353. The van der Waals surface area contributed by atoms with Gasteiger partial charge in [0.1, 0.15) is 0 Å². The predicted molar refractivity (Wildman–Crippen MR) is 102 cm³/mol. The third-order valence-electron chi connectivity index (χ3n) is 3.87. The lowest BCUT2D eigenvalue weighted by Gasteiger charge is -2.12. The summed E-state index contributed by atoms with van der Waals surface area (Å²) in [5, 5.41) is 0.652. The topological polar surface area (TPSA) is 31.2 Å². The van der Waals surface area contributed by atoms with Gasteiger partial charge in [0.15, 0.2) is 5.76 Å². The van der Waals surface area contributed by atoms with Gasteiger partial charge in [0.2, 0.25) is 0 Å². The summed E-state index contributed by atoms with van der Waals surface area (Å²) < 4.78 is 7.62. The van der Waals surface area contributed by atoms with Gasteiger partial charge in [-0.3, -0.25) is 4.79 Å². The number of hydrogen-bond acceptors (Lipinski definition) is 3. The van der Waals surface area contributed by atoms with E-state index in [2.05, 4.69) is 0 Å². The Hall–Kier alpha value is -2.43. The highest BCUT2D eigenvalue weighted by molar-refractivity contribution is 8.08. The number of thioether (sulfide) groups is 1. The Kier molecular flexibility index (Phi) is 4.15. The molecule has 124 valence electrons. The standard InChI is InChI=1S/C20H14ClNO2S/c1-13(23)24-19-16-10-6-12-22(16)18-15(21)9-5-11-17(18)25-20(19)14-7-3-2-4-8-14/h2-12H,1H3. The molecule has 0 atom stereocenters. The van der Waals surface area contributed by atoms with Crippen LogP contribution in [0.2, 0.25) is 5.02 Å². The van der Waals surface area contributed by atoms with Crippen molar-refractivity contribution >= 4 is 40.0 Å². The van der Waals surface area contributed by atoms with Crippen molar-refractivity contribution in [3.05, 3.63) is 83.1 Å². The zero-order valence-electron chi connectivity index (χ0n) is 13.4. The molecule has 1 aliphatic rings. The molecular formula is C20H14ClNO2S. The Morgan fingerprint density at radius 3 is 2.60 bits per heavy atom. The molecule has 0 bridgehead atoms. The monoisotopic (exact) mass is 367 g/mol.